The van der Waals surface area contributed by atoms with Gasteiger partial charge >= 0.3 is 0 Å². The van der Waals surface area contributed by atoms with E-state index in [1.165, 1.54) is 37.7 Å². The van der Waals surface area contributed by atoms with Crippen LogP contribution in [-0.2, 0) is 13.0 Å². The third-order valence-corrected chi connectivity index (χ3v) is 4.99. The number of methoxy groups -OCH3 is 1. The molecule has 4 nitrogen and oxygen atoms in total. The van der Waals surface area contributed by atoms with Crippen LogP contribution in [0, 0.1) is 0 Å². The average Bonchev–Trinajstić information content (AvgIpc) is 2.79. The van der Waals surface area contributed by atoms with Gasteiger partial charge < -0.3 is 9.47 Å². The van der Waals surface area contributed by atoms with Gasteiger partial charge in [-0.1, -0.05) is 56.9 Å². The van der Waals surface area contributed by atoms with Crippen LogP contribution >= 0.6 is 0 Å². The zero-order chi connectivity index (χ0) is 20.3. The summed E-state index contributed by atoms with van der Waals surface area (Å²) in [5.41, 5.74) is 4.34. The summed E-state index contributed by atoms with van der Waals surface area (Å²) >= 11 is 0. The van der Waals surface area contributed by atoms with Crippen LogP contribution in [0.3, 0.4) is 0 Å². The zero-order valence-corrected chi connectivity index (χ0v) is 17.4. The van der Waals surface area contributed by atoms with Gasteiger partial charge in [-0.05, 0) is 48.2 Å². The van der Waals surface area contributed by atoms with Crippen molar-refractivity contribution in [3.05, 3.63) is 72.1 Å². The maximum Gasteiger partial charge on any atom is 0.232 e. The Morgan fingerprint density at radius 3 is 2.14 bits per heavy atom. The van der Waals surface area contributed by atoms with Crippen molar-refractivity contribution >= 4 is 0 Å². The number of hydrogen-bond donors (Lipinski definition) is 0. The van der Waals surface area contributed by atoms with Crippen LogP contribution in [0.5, 0.6) is 11.6 Å². The highest BCUT2D eigenvalue weighted by Crippen LogP contribution is 2.21. The highest BCUT2D eigenvalue weighted by molar-refractivity contribution is 5.59. The first-order chi connectivity index (χ1) is 14.3. The molecule has 0 saturated carbocycles. The van der Waals surface area contributed by atoms with Crippen LogP contribution in [-0.4, -0.2) is 17.1 Å². The van der Waals surface area contributed by atoms with Gasteiger partial charge in [-0.15, -0.1) is 0 Å². The Kier molecular flexibility index (Phi) is 8.05. The molecule has 0 aliphatic heterocycles. The number of unbranched alkanes of at least 4 members (excludes halogenated alkanes) is 4. The molecule has 3 aromatic rings. The molecule has 0 bridgehead atoms. The molecule has 1 aromatic heterocycles. The third-order valence-electron chi connectivity index (χ3n) is 4.99. The summed E-state index contributed by atoms with van der Waals surface area (Å²) in [7, 11) is 1.66. The maximum absolute atomic E-state index is 5.79. The summed E-state index contributed by atoms with van der Waals surface area (Å²) in [5.74, 6) is 1.35. The highest BCUT2D eigenvalue weighted by Gasteiger charge is 2.03. The minimum absolute atomic E-state index is 0.493. The van der Waals surface area contributed by atoms with Gasteiger partial charge in [-0.3, -0.25) is 0 Å². The molecule has 3 rings (SSSR count). The minimum Gasteiger partial charge on any atom is -0.497 e. The van der Waals surface area contributed by atoms with Crippen molar-refractivity contribution < 1.29 is 9.47 Å². The molecular weight excluding hydrogens is 360 g/mol. The quantitative estimate of drug-likeness (QED) is 0.363. The van der Waals surface area contributed by atoms with Crippen molar-refractivity contribution in [3.8, 4) is 22.9 Å². The molecule has 0 aliphatic carbocycles. The SMILES string of the molecule is CCCCCCCc1ccc(COc2cnc(-c3ccc(OC)cc3)cn2)cc1. The van der Waals surface area contributed by atoms with Crippen LogP contribution in [0.2, 0.25) is 0 Å². The molecule has 0 N–H and O–H groups in total. The fourth-order valence-corrected chi connectivity index (χ4v) is 3.19. The Hall–Kier alpha value is -2.88. The molecule has 152 valence electrons. The standard InChI is InChI=1S/C25H30N2O2/c1-3-4-5-6-7-8-20-9-11-21(12-10-20)19-29-25-18-26-24(17-27-25)22-13-15-23(28-2)16-14-22/h9-18H,3-8,19H2,1-2H3. The van der Waals surface area contributed by atoms with E-state index in [4.69, 9.17) is 9.47 Å². The number of benzene rings is 2. The molecule has 0 fully saturated rings. The van der Waals surface area contributed by atoms with E-state index in [-0.39, 0.29) is 0 Å². The lowest BCUT2D eigenvalue weighted by molar-refractivity contribution is 0.292. The monoisotopic (exact) mass is 390 g/mol. The van der Waals surface area contributed by atoms with Crippen LogP contribution in [0.25, 0.3) is 11.3 Å². The lowest BCUT2D eigenvalue weighted by atomic mass is 10.0. The Balaban J connectivity index is 1.47. The summed E-state index contributed by atoms with van der Waals surface area (Å²) in [4.78, 5) is 8.84. The molecule has 0 saturated heterocycles. The molecule has 0 spiro atoms. The minimum atomic E-state index is 0.493. The van der Waals surface area contributed by atoms with Gasteiger partial charge in [0, 0.05) is 5.56 Å². The normalized spacial score (nSPS) is 10.7. The second-order valence-corrected chi connectivity index (χ2v) is 7.24. The van der Waals surface area contributed by atoms with Gasteiger partial charge in [-0.2, -0.15) is 0 Å². The van der Waals surface area contributed by atoms with E-state index in [9.17, 15) is 0 Å². The number of aryl methyl sites for hydroxylation is 1. The Labute approximate surface area is 173 Å². The van der Waals surface area contributed by atoms with E-state index in [0.717, 1.165) is 29.0 Å². The van der Waals surface area contributed by atoms with Crippen molar-refractivity contribution in [2.24, 2.45) is 0 Å². The maximum atomic E-state index is 5.79. The first-order valence-corrected chi connectivity index (χ1v) is 10.5. The van der Waals surface area contributed by atoms with E-state index in [2.05, 4.69) is 41.2 Å². The van der Waals surface area contributed by atoms with Crippen molar-refractivity contribution in [1.29, 1.82) is 0 Å². The van der Waals surface area contributed by atoms with E-state index < -0.39 is 0 Å². The Morgan fingerprint density at radius 2 is 1.48 bits per heavy atom. The van der Waals surface area contributed by atoms with Gasteiger partial charge in [0.1, 0.15) is 12.4 Å². The van der Waals surface area contributed by atoms with Gasteiger partial charge in [-0.25, -0.2) is 9.97 Å². The molecule has 0 aliphatic rings. The van der Waals surface area contributed by atoms with Gasteiger partial charge in [0.05, 0.1) is 25.2 Å². The number of rotatable bonds is 11. The van der Waals surface area contributed by atoms with Gasteiger partial charge in [0.2, 0.25) is 5.88 Å². The second-order valence-electron chi connectivity index (χ2n) is 7.24. The van der Waals surface area contributed by atoms with E-state index in [1.54, 1.807) is 19.5 Å². The Morgan fingerprint density at radius 1 is 0.759 bits per heavy atom. The van der Waals surface area contributed by atoms with Gasteiger partial charge in [0.25, 0.3) is 0 Å². The summed E-state index contributed by atoms with van der Waals surface area (Å²) in [5, 5.41) is 0. The van der Waals surface area contributed by atoms with Crippen LogP contribution in [0.1, 0.15) is 50.2 Å². The summed E-state index contributed by atoms with van der Waals surface area (Å²) < 4.78 is 11.0. The average molecular weight is 391 g/mol. The summed E-state index contributed by atoms with van der Waals surface area (Å²) in [6.07, 6.45) is 11.1. The van der Waals surface area contributed by atoms with Crippen LogP contribution < -0.4 is 9.47 Å². The number of ether oxygens (including phenoxy) is 2. The third kappa shape index (κ3) is 6.60. The lowest BCUT2D eigenvalue weighted by Crippen LogP contribution is -1.98. The molecule has 0 amide bonds. The van der Waals surface area contributed by atoms with Crippen molar-refractivity contribution in [2.75, 3.05) is 7.11 Å². The number of nitrogens with zero attached hydrogens (tertiary/aromatic N) is 2. The van der Waals surface area contributed by atoms with Crippen molar-refractivity contribution in [3.63, 3.8) is 0 Å². The second kappa shape index (κ2) is 11.2. The largest absolute Gasteiger partial charge is 0.497 e. The molecule has 4 heteroatoms. The number of hydrogen-bond acceptors (Lipinski definition) is 4. The molecule has 0 unspecified atom stereocenters. The molecular formula is C25H30N2O2. The van der Waals surface area contributed by atoms with Crippen molar-refractivity contribution in [2.45, 2.75) is 52.1 Å². The summed E-state index contributed by atoms with van der Waals surface area (Å²) in [6, 6.07) is 16.4. The van der Waals surface area contributed by atoms with Crippen LogP contribution in [0.15, 0.2) is 60.9 Å². The fourth-order valence-electron chi connectivity index (χ4n) is 3.19. The van der Waals surface area contributed by atoms with Crippen LogP contribution in [0.4, 0.5) is 0 Å². The molecule has 0 atom stereocenters. The predicted octanol–water partition coefficient (Wildman–Crippen LogP) is 6.24. The highest BCUT2D eigenvalue weighted by atomic mass is 16.5. The molecule has 2 aromatic carbocycles. The van der Waals surface area contributed by atoms with Crippen molar-refractivity contribution in [1.82, 2.24) is 9.97 Å². The molecule has 1 heterocycles. The fraction of sp³-hybridized carbons (Fsp3) is 0.360. The topological polar surface area (TPSA) is 44.2 Å². The first-order valence-electron chi connectivity index (χ1n) is 10.5. The molecule has 29 heavy (non-hydrogen) atoms. The lowest BCUT2D eigenvalue weighted by Gasteiger charge is -2.08. The van der Waals surface area contributed by atoms with Gasteiger partial charge in [0.15, 0.2) is 0 Å². The van der Waals surface area contributed by atoms with E-state index in [1.807, 2.05) is 24.3 Å². The zero-order valence-electron chi connectivity index (χ0n) is 17.4. The van der Waals surface area contributed by atoms with E-state index >= 15 is 0 Å². The summed E-state index contributed by atoms with van der Waals surface area (Å²) in [6.45, 7) is 2.75. The smallest absolute Gasteiger partial charge is 0.232 e. The van der Waals surface area contributed by atoms with E-state index in [0.29, 0.717) is 12.5 Å². The molecule has 0 radical (unpaired) electrons. The first kappa shape index (κ1) is 20.8. The number of aromatic nitrogens is 2. The Bertz CT molecular complexity index is 844. The predicted molar refractivity (Wildman–Crippen MR) is 117 cm³/mol.